The van der Waals surface area contributed by atoms with Gasteiger partial charge in [-0.2, -0.15) is 0 Å². The van der Waals surface area contributed by atoms with Crippen molar-refractivity contribution in [2.75, 3.05) is 11.9 Å². The molecule has 134 valence electrons. The topological polar surface area (TPSA) is 91.7 Å². The summed E-state index contributed by atoms with van der Waals surface area (Å²) in [6.45, 7) is 1.21. The van der Waals surface area contributed by atoms with Crippen LogP contribution in [0.5, 0.6) is 0 Å². The fraction of sp³-hybridized carbons (Fsp3) is 0.316. The molecule has 1 aromatic carbocycles. The first-order chi connectivity index (χ1) is 12.5. The van der Waals surface area contributed by atoms with Crippen LogP contribution in [0.3, 0.4) is 0 Å². The number of aryl methyl sites for hydroxylation is 2. The molecule has 4 amide bonds. The minimum Gasteiger partial charge on any atom is -0.466 e. The third-order valence-corrected chi connectivity index (χ3v) is 4.97. The number of nitrogens with one attached hydrogen (secondary N) is 2. The van der Waals surface area contributed by atoms with E-state index in [-0.39, 0.29) is 6.54 Å². The zero-order valence-electron chi connectivity index (χ0n) is 14.4. The van der Waals surface area contributed by atoms with Crippen LogP contribution in [-0.2, 0) is 28.0 Å². The van der Waals surface area contributed by atoms with Crippen molar-refractivity contribution in [1.82, 2.24) is 10.2 Å². The number of furan rings is 1. The molecule has 2 aliphatic rings. The molecule has 0 radical (unpaired) electrons. The maximum absolute atomic E-state index is 12.7. The van der Waals surface area contributed by atoms with Crippen molar-refractivity contribution in [1.29, 1.82) is 0 Å². The highest BCUT2D eigenvalue weighted by molar-refractivity contribution is 6.10. The smallest absolute Gasteiger partial charge is 0.325 e. The fourth-order valence-corrected chi connectivity index (χ4v) is 3.56. The second kappa shape index (κ2) is 6.01. The van der Waals surface area contributed by atoms with Gasteiger partial charge in [-0.25, -0.2) is 4.79 Å². The van der Waals surface area contributed by atoms with E-state index in [4.69, 9.17) is 4.42 Å². The van der Waals surface area contributed by atoms with Gasteiger partial charge in [0.25, 0.3) is 5.91 Å². The molecular weight excluding hydrogens is 334 g/mol. The van der Waals surface area contributed by atoms with Gasteiger partial charge in [-0.1, -0.05) is 6.07 Å². The minimum absolute atomic E-state index is 0.331. The average Bonchev–Trinajstić information content (AvgIpc) is 3.32. The molecule has 1 fully saturated rings. The van der Waals surface area contributed by atoms with Gasteiger partial charge >= 0.3 is 6.03 Å². The summed E-state index contributed by atoms with van der Waals surface area (Å²) in [5.41, 5.74) is 1.93. The number of anilines is 1. The highest BCUT2D eigenvalue weighted by atomic mass is 16.3. The summed E-state index contributed by atoms with van der Waals surface area (Å²) in [5, 5.41) is 5.36. The number of carbonyl (C=O) groups excluding carboxylic acids is 3. The van der Waals surface area contributed by atoms with Crippen molar-refractivity contribution in [2.45, 2.75) is 31.7 Å². The van der Waals surface area contributed by atoms with Crippen molar-refractivity contribution in [2.24, 2.45) is 0 Å². The standard InChI is InChI=1S/C19H19N3O4/c1-19(15-6-3-9-26-15)17(24)22(18(25)21-19)11-16(23)20-14-8-7-12-4-2-5-13(12)10-14/h3,6-10H,2,4-5,11H2,1H3,(H,20,23)(H,21,25). The van der Waals surface area contributed by atoms with Gasteiger partial charge in [-0.15, -0.1) is 0 Å². The Morgan fingerprint density at radius 1 is 1.27 bits per heavy atom. The van der Waals surface area contributed by atoms with E-state index in [1.807, 2.05) is 18.2 Å². The Morgan fingerprint density at radius 2 is 2.08 bits per heavy atom. The van der Waals surface area contributed by atoms with Gasteiger partial charge in [0.15, 0.2) is 5.54 Å². The van der Waals surface area contributed by atoms with Gasteiger partial charge in [-0.3, -0.25) is 14.5 Å². The van der Waals surface area contributed by atoms with E-state index < -0.39 is 23.4 Å². The molecule has 4 rings (SSSR count). The maximum atomic E-state index is 12.7. The number of benzene rings is 1. The summed E-state index contributed by atoms with van der Waals surface area (Å²) >= 11 is 0. The Balaban J connectivity index is 1.46. The summed E-state index contributed by atoms with van der Waals surface area (Å²) in [7, 11) is 0. The molecule has 2 aromatic rings. The van der Waals surface area contributed by atoms with Crippen LogP contribution in [0.1, 0.15) is 30.2 Å². The molecule has 0 bridgehead atoms. The molecule has 1 aromatic heterocycles. The average molecular weight is 353 g/mol. The SMILES string of the molecule is CC1(c2ccco2)NC(=O)N(CC(=O)Nc2ccc3c(c2)CCC3)C1=O. The Kier molecular flexibility index (Phi) is 3.79. The molecule has 0 spiro atoms. The van der Waals surface area contributed by atoms with E-state index in [2.05, 4.69) is 10.6 Å². The van der Waals surface area contributed by atoms with Gasteiger partial charge in [-0.05, 0) is 61.6 Å². The summed E-state index contributed by atoms with van der Waals surface area (Å²) in [6, 6.07) is 8.47. The third-order valence-electron chi connectivity index (χ3n) is 4.97. The number of fused-ring (bicyclic) bond motifs is 1. The number of nitrogens with zero attached hydrogens (tertiary/aromatic N) is 1. The van der Waals surface area contributed by atoms with Crippen molar-refractivity contribution < 1.29 is 18.8 Å². The van der Waals surface area contributed by atoms with E-state index >= 15 is 0 Å². The van der Waals surface area contributed by atoms with E-state index in [0.29, 0.717) is 11.4 Å². The lowest BCUT2D eigenvalue weighted by Gasteiger charge is -2.18. The molecule has 26 heavy (non-hydrogen) atoms. The molecular formula is C19H19N3O4. The third kappa shape index (κ3) is 2.65. The Labute approximate surface area is 150 Å². The van der Waals surface area contributed by atoms with Crippen LogP contribution < -0.4 is 10.6 Å². The van der Waals surface area contributed by atoms with Crippen LogP contribution in [0.2, 0.25) is 0 Å². The molecule has 1 atom stereocenters. The van der Waals surface area contributed by atoms with Crippen LogP contribution in [0.25, 0.3) is 0 Å². The van der Waals surface area contributed by atoms with E-state index in [9.17, 15) is 14.4 Å². The number of hydrogen-bond acceptors (Lipinski definition) is 4. The Morgan fingerprint density at radius 3 is 2.85 bits per heavy atom. The maximum Gasteiger partial charge on any atom is 0.325 e. The molecule has 0 saturated carbocycles. The first-order valence-corrected chi connectivity index (χ1v) is 8.57. The highest BCUT2D eigenvalue weighted by Gasteiger charge is 2.51. The first kappa shape index (κ1) is 16.4. The van der Waals surface area contributed by atoms with Crippen LogP contribution in [0, 0.1) is 0 Å². The molecule has 1 aliphatic carbocycles. The predicted octanol–water partition coefficient (Wildman–Crippen LogP) is 2.17. The zero-order valence-corrected chi connectivity index (χ0v) is 14.4. The van der Waals surface area contributed by atoms with E-state index in [1.165, 1.54) is 17.4 Å². The van der Waals surface area contributed by atoms with Gasteiger partial charge in [0.1, 0.15) is 12.3 Å². The van der Waals surface area contributed by atoms with Gasteiger partial charge in [0.2, 0.25) is 5.91 Å². The van der Waals surface area contributed by atoms with Gasteiger partial charge in [0, 0.05) is 5.69 Å². The van der Waals surface area contributed by atoms with E-state index in [0.717, 1.165) is 24.2 Å². The lowest BCUT2D eigenvalue weighted by Crippen LogP contribution is -2.41. The Bertz CT molecular complexity index is 890. The number of imide groups is 1. The van der Waals surface area contributed by atoms with Gasteiger partial charge < -0.3 is 15.1 Å². The number of rotatable bonds is 4. The Hall–Kier alpha value is -3.09. The lowest BCUT2D eigenvalue weighted by molar-refractivity contribution is -0.134. The molecule has 1 unspecified atom stereocenters. The van der Waals surface area contributed by atoms with Gasteiger partial charge in [0.05, 0.1) is 6.26 Å². The summed E-state index contributed by atoms with van der Waals surface area (Å²) in [5.74, 6) is -0.603. The van der Waals surface area contributed by atoms with Crippen LogP contribution >= 0.6 is 0 Å². The molecule has 2 N–H and O–H groups in total. The minimum atomic E-state index is -1.30. The predicted molar refractivity (Wildman–Crippen MR) is 93.4 cm³/mol. The molecule has 7 nitrogen and oxygen atoms in total. The number of carbonyl (C=O) groups is 3. The monoisotopic (exact) mass is 353 g/mol. The number of urea groups is 1. The quantitative estimate of drug-likeness (QED) is 0.824. The summed E-state index contributed by atoms with van der Waals surface area (Å²) in [6.07, 6.45) is 4.63. The van der Waals surface area contributed by atoms with Crippen molar-refractivity contribution >= 4 is 23.5 Å². The molecule has 2 heterocycles. The van der Waals surface area contributed by atoms with Crippen molar-refractivity contribution in [3.8, 4) is 0 Å². The van der Waals surface area contributed by atoms with E-state index in [1.54, 1.807) is 19.1 Å². The second-order valence-corrected chi connectivity index (χ2v) is 6.81. The molecule has 7 heteroatoms. The number of hydrogen-bond donors (Lipinski definition) is 2. The first-order valence-electron chi connectivity index (χ1n) is 8.57. The lowest BCUT2D eigenvalue weighted by atomic mass is 9.99. The second-order valence-electron chi connectivity index (χ2n) is 6.81. The normalized spacial score (nSPS) is 21.7. The van der Waals surface area contributed by atoms with Crippen molar-refractivity contribution in [3.05, 3.63) is 53.5 Å². The zero-order chi connectivity index (χ0) is 18.3. The molecule has 1 aliphatic heterocycles. The summed E-state index contributed by atoms with van der Waals surface area (Å²) in [4.78, 5) is 38.1. The summed E-state index contributed by atoms with van der Waals surface area (Å²) < 4.78 is 5.27. The fourth-order valence-electron chi connectivity index (χ4n) is 3.56. The van der Waals surface area contributed by atoms with Crippen LogP contribution in [0.4, 0.5) is 10.5 Å². The largest absolute Gasteiger partial charge is 0.466 e. The highest BCUT2D eigenvalue weighted by Crippen LogP contribution is 2.29. The molecule has 1 saturated heterocycles. The number of amides is 4. The van der Waals surface area contributed by atoms with Crippen molar-refractivity contribution in [3.63, 3.8) is 0 Å². The van der Waals surface area contributed by atoms with Crippen LogP contribution in [0.15, 0.2) is 41.0 Å². The van der Waals surface area contributed by atoms with Crippen LogP contribution in [-0.4, -0.2) is 29.3 Å².